The Morgan fingerprint density at radius 2 is 1.78 bits per heavy atom. The van der Waals surface area contributed by atoms with Gasteiger partial charge in [0.1, 0.15) is 5.75 Å². The van der Waals surface area contributed by atoms with Crippen LogP contribution in [0.25, 0.3) is 0 Å². The van der Waals surface area contributed by atoms with E-state index in [1.165, 1.54) is 12.8 Å². The summed E-state index contributed by atoms with van der Waals surface area (Å²) >= 11 is 0. The molecule has 0 aliphatic heterocycles. The molecule has 5 nitrogen and oxygen atoms in total. The summed E-state index contributed by atoms with van der Waals surface area (Å²) in [5, 5.41) is 12.0. The highest BCUT2D eigenvalue weighted by molar-refractivity contribution is 5.93. The number of rotatable bonds is 6. The molecule has 0 heterocycles. The molecule has 2 N–H and O–H groups in total. The number of carboxylic acids is 1. The molecule has 2 fully saturated rings. The van der Waals surface area contributed by atoms with Gasteiger partial charge in [0.05, 0.1) is 12.5 Å². The van der Waals surface area contributed by atoms with E-state index < -0.39 is 11.9 Å². The molecule has 1 amide bonds. The second-order valence-corrected chi connectivity index (χ2v) is 6.67. The average Bonchev–Trinajstić information content (AvgIpc) is 3.38. The van der Waals surface area contributed by atoms with E-state index in [-0.39, 0.29) is 11.8 Å². The summed E-state index contributed by atoms with van der Waals surface area (Å²) in [6, 6.07) is 7.38. The van der Waals surface area contributed by atoms with E-state index >= 15 is 0 Å². The fraction of sp³-hybridized carbons (Fsp3) is 0.556. The zero-order valence-corrected chi connectivity index (χ0v) is 13.2. The van der Waals surface area contributed by atoms with Gasteiger partial charge in [-0.2, -0.15) is 0 Å². The van der Waals surface area contributed by atoms with Crippen molar-refractivity contribution in [3.8, 4) is 5.75 Å². The molecule has 124 valence electrons. The molecule has 1 aromatic carbocycles. The van der Waals surface area contributed by atoms with Gasteiger partial charge in [-0.05, 0) is 62.3 Å². The highest BCUT2D eigenvalue weighted by Gasteiger charge is 2.31. The van der Waals surface area contributed by atoms with Crippen LogP contribution in [0.4, 0.5) is 5.69 Å². The van der Waals surface area contributed by atoms with E-state index in [4.69, 9.17) is 9.84 Å². The Morgan fingerprint density at radius 1 is 1.09 bits per heavy atom. The van der Waals surface area contributed by atoms with Crippen molar-refractivity contribution in [3.05, 3.63) is 24.3 Å². The third-order valence-corrected chi connectivity index (χ3v) is 4.70. The summed E-state index contributed by atoms with van der Waals surface area (Å²) in [6.07, 6.45) is 5.18. The van der Waals surface area contributed by atoms with Crippen LogP contribution >= 0.6 is 0 Å². The Labute approximate surface area is 136 Å². The lowest BCUT2D eigenvalue weighted by atomic mass is 9.81. The topological polar surface area (TPSA) is 75.6 Å². The zero-order valence-electron chi connectivity index (χ0n) is 13.2. The van der Waals surface area contributed by atoms with E-state index in [0.717, 1.165) is 30.9 Å². The molecule has 3 rings (SSSR count). The van der Waals surface area contributed by atoms with Gasteiger partial charge in [-0.25, -0.2) is 0 Å². The average molecular weight is 317 g/mol. The first-order chi connectivity index (χ1) is 11.1. The summed E-state index contributed by atoms with van der Waals surface area (Å²) < 4.78 is 5.67. The molecule has 5 heteroatoms. The van der Waals surface area contributed by atoms with Crippen molar-refractivity contribution in [1.29, 1.82) is 0 Å². The number of hydrogen-bond acceptors (Lipinski definition) is 3. The lowest BCUT2D eigenvalue weighted by Crippen LogP contribution is -2.30. The number of carboxylic acid groups (broad SMARTS) is 1. The first-order valence-corrected chi connectivity index (χ1v) is 8.38. The first-order valence-electron chi connectivity index (χ1n) is 8.38. The molecule has 2 aliphatic rings. The van der Waals surface area contributed by atoms with Gasteiger partial charge in [0, 0.05) is 11.6 Å². The molecular weight excluding hydrogens is 294 g/mol. The van der Waals surface area contributed by atoms with Crippen LogP contribution < -0.4 is 10.1 Å². The first kappa shape index (κ1) is 15.8. The van der Waals surface area contributed by atoms with Crippen LogP contribution in [-0.4, -0.2) is 23.6 Å². The third kappa shape index (κ3) is 4.47. The molecule has 0 spiro atoms. The van der Waals surface area contributed by atoms with Crippen LogP contribution in [0.3, 0.4) is 0 Å². The van der Waals surface area contributed by atoms with Crippen molar-refractivity contribution in [2.45, 2.75) is 38.5 Å². The van der Waals surface area contributed by atoms with Gasteiger partial charge in [-0.3, -0.25) is 9.59 Å². The van der Waals surface area contributed by atoms with E-state index in [2.05, 4.69) is 5.32 Å². The number of carbonyl (C=O) groups excluding carboxylic acids is 1. The quantitative estimate of drug-likeness (QED) is 0.844. The van der Waals surface area contributed by atoms with Gasteiger partial charge in [-0.1, -0.05) is 6.42 Å². The number of benzene rings is 1. The number of aliphatic carboxylic acids is 1. The smallest absolute Gasteiger partial charge is 0.306 e. The maximum Gasteiger partial charge on any atom is 0.306 e. The van der Waals surface area contributed by atoms with Crippen molar-refractivity contribution >= 4 is 17.6 Å². The number of ether oxygens (including phenoxy) is 1. The minimum atomic E-state index is -0.792. The number of carbonyl (C=O) groups is 2. The summed E-state index contributed by atoms with van der Waals surface area (Å²) in [5.74, 6) is 0.0528. The molecule has 2 atom stereocenters. The van der Waals surface area contributed by atoms with Crippen LogP contribution in [-0.2, 0) is 9.59 Å². The van der Waals surface area contributed by atoms with Crippen molar-refractivity contribution in [2.75, 3.05) is 11.9 Å². The molecule has 2 saturated carbocycles. The van der Waals surface area contributed by atoms with Crippen molar-refractivity contribution in [1.82, 2.24) is 0 Å². The maximum atomic E-state index is 12.3. The minimum Gasteiger partial charge on any atom is -0.493 e. The van der Waals surface area contributed by atoms with Crippen molar-refractivity contribution in [2.24, 2.45) is 17.8 Å². The summed E-state index contributed by atoms with van der Waals surface area (Å²) in [5.41, 5.74) is 0.728. The van der Waals surface area contributed by atoms with Gasteiger partial charge in [0.2, 0.25) is 5.91 Å². The van der Waals surface area contributed by atoms with Crippen LogP contribution in [0.2, 0.25) is 0 Å². The van der Waals surface area contributed by atoms with E-state index in [0.29, 0.717) is 18.8 Å². The normalized spacial score (nSPS) is 24.0. The standard InChI is InChI=1S/C18H23NO4/c20-17(13-2-1-3-14(10-13)18(21)22)19-15-6-8-16(9-7-15)23-11-12-4-5-12/h6-9,12-14H,1-5,10-11H2,(H,19,20)(H,21,22). The van der Waals surface area contributed by atoms with Crippen LogP contribution in [0.5, 0.6) is 5.75 Å². The molecule has 2 unspecified atom stereocenters. The van der Waals surface area contributed by atoms with Crippen LogP contribution in [0.15, 0.2) is 24.3 Å². The Hall–Kier alpha value is -2.04. The van der Waals surface area contributed by atoms with E-state index in [9.17, 15) is 9.59 Å². The monoisotopic (exact) mass is 317 g/mol. The Kier molecular flexibility index (Phi) is 4.84. The molecule has 0 bridgehead atoms. The number of hydrogen-bond donors (Lipinski definition) is 2. The van der Waals surface area contributed by atoms with Gasteiger partial charge >= 0.3 is 5.97 Å². The number of nitrogens with one attached hydrogen (secondary N) is 1. The van der Waals surface area contributed by atoms with Gasteiger partial charge in [0.15, 0.2) is 0 Å². The van der Waals surface area contributed by atoms with Crippen molar-refractivity contribution in [3.63, 3.8) is 0 Å². The summed E-state index contributed by atoms with van der Waals surface area (Å²) in [7, 11) is 0. The highest BCUT2D eigenvalue weighted by Crippen LogP contribution is 2.31. The highest BCUT2D eigenvalue weighted by atomic mass is 16.5. The van der Waals surface area contributed by atoms with Gasteiger partial charge in [0.25, 0.3) is 0 Å². The molecule has 0 aromatic heterocycles. The molecular formula is C18H23NO4. The SMILES string of the molecule is O=C(O)C1CCCC(C(=O)Nc2ccc(OCC3CC3)cc2)C1. The third-order valence-electron chi connectivity index (χ3n) is 4.70. The number of anilines is 1. The zero-order chi connectivity index (χ0) is 16.2. The van der Waals surface area contributed by atoms with E-state index in [1.54, 1.807) is 0 Å². The second-order valence-electron chi connectivity index (χ2n) is 6.67. The maximum absolute atomic E-state index is 12.3. The fourth-order valence-electron chi connectivity index (χ4n) is 3.03. The number of amides is 1. The molecule has 0 radical (unpaired) electrons. The van der Waals surface area contributed by atoms with Crippen LogP contribution in [0.1, 0.15) is 38.5 Å². The summed E-state index contributed by atoms with van der Waals surface area (Å²) in [6.45, 7) is 0.768. The van der Waals surface area contributed by atoms with Gasteiger partial charge in [-0.15, -0.1) is 0 Å². The second kappa shape index (κ2) is 7.02. The van der Waals surface area contributed by atoms with E-state index in [1.807, 2.05) is 24.3 Å². The predicted molar refractivity (Wildman–Crippen MR) is 86.4 cm³/mol. The predicted octanol–water partition coefficient (Wildman–Crippen LogP) is 3.30. The Balaban J connectivity index is 1.51. The fourth-order valence-corrected chi connectivity index (χ4v) is 3.03. The summed E-state index contributed by atoms with van der Waals surface area (Å²) in [4.78, 5) is 23.4. The van der Waals surface area contributed by atoms with Crippen LogP contribution in [0, 0.1) is 17.8 Å². The van der Waals surface area contributed by atoms with Crippen molar-refractivity contribution < 1.29 is 19.4 Å². The molecule has 1 aromatic rings. The van der Waals surface area contributed by atoms with Gasteiger partial charge < -0.3 is 15.2 Å². The molecule has 0 saturated heterocycles. The Morgan fingerprint density at radius 3 is 2.43 bits per heavy atom. The largest absolute Gasteiger partial charge is 0.493 e. The molecule has 2 aliphatic carbocycles. The molecule has 23 heavy (non-hydrogen) atoms. The Bertz CT molecular complexity index is 565. The lowest BCUT2D eigenvalue weighted by molar-refractivity contribution is -0.143. The lowest BCUT2D eigenvalue weighted by Gasteiger charge is -2.25. The minimum absolute atomic E-state index is 0.0809.